The number of carbonyl (C=O) groups is 1. The van der Waals surface area contributed by atoms with Crippen molar-refractivity contribution in [1.82, 2.24) is 25.3 Å². The number of hydrogen-bond acceptors (Lipinski definition) is 6. The van der Waals surface area contributed by atoms with Crippen LogP contribution in [0.4, 0.5) is 10.5 Å². The first-order valence-electron chi connectivity index (χ1n) is 8.76. The Morgan fingerprint density at radius 3 is 2.74 bits per heavy atom. The highest BCUT2D eigenvalue weighted by Crippen LogP contribution is 2.30. The average Bonchev–Trinajstić information content (AvgIpc) is 3.30. The lowest BCUT2D eigenvalue weighted by Crippen LogP contribution is -2.39. The maximum Gasteiger partial charge on any atom is 0.319 e. The van der Waals surface area contributed by atoms with Crippen LogP contribution in [0.15, 0.2) is 59.4 Å². The Morgan fingerprint density at radius 2 is 1.96 bits per heavy atom. The molecule has 27 heavy (non-hydrogen) atoms. The zero-order chi connectivity index (χ0) is 18.6. The molecule has 8 heteroatoms. The number of nitrogens with one attached hydrogen (secondary N) is 2. The molecular formula is C19H20N6O2. The van der Waals surface area contributed by atoms with Gasteiger partial charge in [0.25, 0.3) is 0 Å². The third-order valence-electron chi connectivity index (χ3n) is 4.58. The second kappa shape index (κ2) is 7.55. The van der Waals surface area contributed by atoms with E-state index in [1.165, 1.54) is 0 Å². The van der Waals surface area contributed by atoms with E-state index in [2.05, 4.69) is 30.7 Å². The van der Waals surface area contributed by atoms with Crippen LogP contribution in [0.25, 0.3) is 11.4 Å². The zero-order valence-electron chi connectivity index (χ0n) is 14.9. The molecule has 1 aliphatic heterocycles. The SMILES string of the molecule is CN1CC(NC(=O)Nc2ccccc2)CC1c1nc(-c2ccncc2)no1. The number of aromatic nitrogens is 3. The van der Waals surface area contributed by atoms with Gasteiger partial charge in [-0.3, -0.25) is 9.88 Å². The number of amides is 2. The first kappa shape index (κ1) is 17.2. The molecule has 1 saturated heterocycles. The van der Waals surface area contributed by atoms with Gasteiger partial charge in [-0.2, -0.15) is 4.98 Å². The van der Waals surface area contributed by atoms with Crippen molar-refractivity contribution in [2.45, 2.75) is 18.5 Å². The van der Waals surface area contributed by atoms with E-state index in [4.69, 9.17) is 4.52 Å². The molecule has 0 bridgehead atoms. The normalized spacial score (nSPS) is 19.7. The summed E-state index contributed by atoms with van der Waals surface area (Å²) in [5.74, 6) is 1.09. The van der Waals surface area contributed by atoms with E-state index >= 15 is 0 Å². The van der Waals surface area contributed by atoms with Crippen LogP contribution in [-0.2, 0) is 0 Å². The van der Waals surface area contributed by atoms with E-state index in [1.807, 2.05) is 49.5 Å². The van der Waals surface area contributed by atoms with Crippen LogP contribution in [0, 0.1) is 0 Å². The van der Waals surface area contributed by atoms with Crippen molar-refractivity contribution in [2.75, 3.05) is 18.9 Å². The minimum absolute atomic E-state index is 0.0000115. The first-order valence-corrected chi connectivity index (χ1v) is 8.76. The molecule has 2 unspecified atom stereocenters. The highest BCUT2D eigenvalue weighted by molar-refractivity contribution is 5.89. The maximum absolute atomic E-state index is 12.2. The minimum atomic E-state index is -0.219. The van der Waals surface area contributed by atoms with Gasteiger partial charge in [-0.15, -0.1) is 0 Å². The quantitative estimate of drug-likeness (QED) is 0.739. The Labute approximate surface area is 156 Å². The third kappa shape index (κ3) is 3.95. The summed E-state index contributed by atoms with van der Waals surface area (Å²) in [7, 11) is 1.98. The molecule has 0 radical (unpaired) electrons. The molecule has 138 valence electrons. The van der Waals surface area contributed by atoms with Crippen molar-refractivity contribution in [3.63, 3.8) is 0 Å². The number of rotatable bonds is 4. The number of anilines is 1. The van der Waals surface area contributed by atoms with Gasteiger partial charge in [-0.25, -0.2) is 4.79 Å². The van der Waals surface area contributed by atoms with Gasteiger partial charge >= 0.3 is 6.03 Å². The van der Waals surface area contributed by atoms with E-state index in [1.54, 1.807) is 12.4 Å². The molecule has 8 nitrogen and oxygen atoms in total. The van der Waals surface area contributed by atoms with Crippen LogP contribution in [0.2, 0.25) is 0 Å². The Hall–Kier alpha value is -3.26. The standard InChI is InChI=1S/C19H20N6O2/c1-25-12-15(22-19(26)21-14-5-3-2-4-6-14)11-16(25)18-23-17(24-27-18)13-7-9-20-10-8-13/h2-10,15-16H,11-12H2,1H3,(H2,21,22,26). The fourth-order valence-electron chi connectivity index (χ4n) is 3.26. The summed E-state index contributed by atoms with van der Waals surface area (Å²) in [6.07, 6.45) is 4.09. The highest BCUT2D eigenvalue weighted by Gasteiger charge is 2.35. The topological polar surface area (TPSA) is 96.2 Å². The number of hydrogen-bond donors (Lipinski definition) is 2. The molecule has 2 aromatic heterocycles. The van der Waals surface area contributed by atoms with Crippen molar-refractivity contribution in [2.24, 2.45) is 0 Å². The summed E-state index contributed by atoms with van der Waals surface area (Å²) in [4.78, 5) is 22.8. The lowest BCUT2D eigenvalue weighted by Gasteiger charge is -2.14. The van der Waals surface area contributed by atoms with Gasteiger partial charge in [-0.05, 0) is 37.7 Å². The molecule has 3 heterocycles. The molecule has 0 saturated carbocycles. The van der Waals surface area contributed by atoms with Crippen molar-refractivity contribution in [3.8, 4) is 11.4 Å². The van der Waals surface area contributed by atoms with Gasteiger partial charge in [-0.1, -0.05) is 23.4 Å². The molecule has 1 aromatic carbocycles. The van der Waals surface area contributed by atoms with Gasteiger partial charge < -0.3 is 15.2 Å². The van der Waals surface area contributed by atoms with Crippen LogP contribution in [0.5, 0.6) is 0 Å². The number of likely N-dealkylation sites (tertiary alicyclic amines) is 1. The predicted octanol–water partition coefficient (Wildman–Crippen LogP) is 2.70. The third-order valence-corrected chi connectivity index (χ3v) is 4.58. The van der Waals surface area contributed by atoms with Crippen molar-refractivity contribution >= 4 is 11.7 Å². The van der Waals surface area contributed by atoms with E-state index in [-0.39, 0.29) is 18.1 Å². The van der Waals surface area contributed by atoms with Gasteiger partial charge in [0.2, 0.25) is 11.7 Å². The van der Waals surface area contributed by atoms with E-state index in [0.29, 0.717) is 24.7 Å². The molecule has 4 rings (SSSR count). The van der Waals surface area contributed by atoms with Gasteiger partial charge in [0.1, 0.15) is 0 Å². The number of carbonyl (C=O) groups excluding carboxylic acids is 1. The molecule has 2 N–H and O–H groups in total. The van der Waals surface area contributed by atoms with Gasteiger partial charge in [0, 0.05) is 36.2 Å². The number of para-hydroxylation sites is 1. The van der Waals surface area contributed by atoms with E-state index in [0.717, 1.165) is 11.3 Å². The smallest absolute Gasteiger partial charge is 0.319 e. The van der Waals surface area contributed by atoms with Crippen molar-refractivity contribution in [3.05, 3.63) is 60.7 Å². The average molecular weight is 364 g/mol. The summed E-state index contributed by atoms with van der Waals surface area (Å²) < 4.78 is 5.47. The fourth-order valence-corrected chi connectivity index (χ4v) is 3.26. The highest BCUT2D eigenvalue weighted by atomic mass is 16.5. The van der Waals surface area contributed by atoms with Gasteiger partial charge in [0.05, 0.1) is 6.04 Å². The molecular weight excluding hydrogens is 344 g/mol. The summed E-state index contributed by atoms with van der Waals surface area (Å²) in [5.41, 5.74) is 1.62. The van der Waals surface area contributed by atoms with Crippen molar-refractivity contribution in [1.29, 1.82) is 0 Å². The van der Waals surface area contributed by atoms with E-state index in [9.17, 15) is 4.79 Å². The number of likely N-dealkylation sites (N-methyl/N-ethyl adjacent to an activating group) is 1. The molecule has 0 aliphatic carbocycles. The second-order valence-corrected chi connectivity index (χ2v) is 6.54. The number of pyridine rings is 1. The van der Waals surface area contributed by atoms with E-state index < -0.39 is 0 Å². The summed E-state index contributed by atoms with van der Waals surface area (Å²) >= 11 is 0. The zero-order valence-corrected chi connectivity index (χ0v) is 14.9. The molecule has 2 atom stereocenters. The molecule has 0 spiro atoms. The Bertz CT molecular complexity index is 899. The van der Waals surface area contributed by atoms with Crippen LogP contribution in [0.1, 0.15) is 18.4 Å². The molecule has 3 aromatic rings. The summed E-state index contributed by atoms with van der Waals surface area (Å²) in [5, 5.41) is 9.91. The maximum atomic E-state index is 12.2. The Morgan fingerprint density at radius 1 is 1.19 bits per heavy atom. The minimum Gasteiger partial charge on any atom is -0.337 e. The molecule has 1 fully saturated rings. The second-order valence-electron chi connectivity index (χ2n) is 6.54. The van der Waals surface area contributed by atoms with Crippen molar-refractivity contribution < 1.29 is 9.32 Å². The summed E-state index contributed by atoms with van der Waals surface area (Å²) in [6.45, 7) is 0.708. The fraction of sp³-hybridized carbons (Fsp3) is 0.263. The molecule has 2 amide bonds. The number of nitrogens with zero attached hydrogens (tertiary/aromatic N) is 4. The Kier molecular flexibility index (Phi) is 4.80. The largest absolute Gasteiger partial charge is 0.337 e. The lowest BCUT2D eigenvalue weighted by atomic mass is 10.1. The summed E-state index contributed by atoms with van der Waals surface area (Å²) in [6, 6.07) is 12.8. The number of urea groups is 1. The van der Waals surface area contributed by atoms with Crippen LogP contribution in [0.3, 0.4) is 0 Å². The first-order chi connectivity index (χ1) is 13.2. The van der Waals surface area contributed by atoms with Crippen LogP contribution in [-0.4, -0.2) is 45.7 Å². The van der Waals surface area contributed by atoms with Crippen LogP contribution < -0.4 is 10.6 Å². The van der Waals surface area contributed by atoms with Gasteiger partial charge in [0.15, 0.2) is 0 Å². The Balaban J connectivity index is 1.38. The lowest BCUT2D eigenvalue weighted by molar-refractivity contribution is 0.243. The number of benzene rings is 1. The molecule has 1 aliphatic rings. The monoisotopic (exact) mass is 364 g/mol. The predicted molar refractivity (Wildman–Crippen MR) is 99.9 cm³/mol. The van der Waals surface area contributed by atoms with Crippen LogP contribution >= 0.6 is 0 Å².